The maximum Gasteiger partial charge on any atom is 0.131 e. The number of hydrogen-bond acceptors (Lipinski definition) is 3. The third-order valence-corrected chi connectivity index (χ3v) is 3.04. The number of pyridine rings is 1. The summed E-state index contributed by atoms with van der Waals surface area (Å²) < 4.78 is 1.00. The molecule has 1 N–H and O–H groups in total. The van der Waals surface area contributed by atoms with Crippen LogP contribution in [0.15, 0.2) is 34.8 Å². The molecule has 0 amide bonds. The van der Waals surface area contributed by atoms with E-state index in [4.69, 9.17) is 5.26 Å². The van der Waals surface area contributed by atoms with Crippen molar-refractivity contribution in [2.45, 2.75) is 13.8 Å². The summed E-state index contributed by atoms with van der Waals surface area (Å²) in [6, 6.07) is 11.6. The van der Waals surface area contributed by atoms with Crippen LogP contribution in [0, 0.1) is 25.2 Å². The minimum atomic E-state index is 0.609. The fourth-order valence-electron chi connectivity index (χ4n) is 1.66. The summed E-state index contributed by atoms with van der Waals surface area (Å²) >= 11 is 3.44. The molecule has 0 bridgehead atoms. The van der Waals surface area contributed by atoms with Gasteiger partial charge in [0.2, 0.25) is 0 Å². The van der Waals surface area contributed by atoms with E-state index in [1.165, 1.54) is 0 Å². The van der Waals surface area contributed by atoms with Gasteiger partial charge in [-0.25, -0.2) is 4.98 Å². The van der Waals surface area contributed by atoms with E-state index in [2.05, 4.69) is 32.3 Å². The number of aryl methyl sites for hydroxylation is 2. The van der Waals surface area contributed by atoms with Gasteiger partial charge in [0.15, 0.2) is 0 Å². The normalized spacial score (nSPS) is 9.89. The van der Waals surface area contributed by atoms with E-state index >= 15 is 0 Å². The van der Waals surface area contributed by atoms with Gasteiger partial charge in [-0.2, -0.15) is 5.26 Å². The highest BCUT2D eigenvalue weighted by atomic mass is 79.9. The number of hydrogen-bond donors (Lipinski definition) is 1. The Bertz CT molecular complexity index is 629. The Balaban J connectivity index is 2.37. The molecule has 0 aliphatic rings. The van der Waals surface area contributed by atoms with Gasteiger partial charge in [-0.15, -0.1) is 0 Å². The van der Waals surface area contributed by atoms with Gasteiger partial charge < -0.3 is 5.32 Å². The average Bonchev–Trinajstić information content (AvgIpc) is 2.33. The summed E-state index contributed by atoms with van der Waals surface area (Å²) in [6.45, 7) is 3.90. The molecule has 0 spiro atoms. The number of nitriles is 1. The number of anilines is 2. The molecule has 3 nitrogen and oxygen atoms in total. The van der Waals surface area contributed by atoms with Gasteiger partial charge in [0, 0.05) is 15.9 Å². The summed E-state index contributed by atoms with van der Waals surface area (Å²) in [6.07, 6.45) is 0. The Kier molecular flexibility index (Phi) is 3.63. The number of nitrogens with zero attached hydrogens (tertiary/aromatic N) is 2. The van der Waals surface area contributed by atoms with Crippen molar-refractivity contribution in [3.8, 4) is 6.07 Å². The zero-order valence-corrected chi connectivity index (χ0v) is 11.7. The zero-order chi connectivity index (χ0) is 13.1. The fraction of sp³-hybridized carbons (Fsp3) is 0.143. The second kappa shape index (κ2) is 5.19. The van der Waals surface area contributed by atoms with Crippen LogP contribution in [0.25, 0.3) is 0 Å². The highest BCUT2D eigenvalue weighted by Gasteiger charge is 2.03. The Labute approximate surface area is 115 Å². The van der Waals surface area contributed by atoms with Gasteiger partial charge >= 0.3 is 0 Å². The molecule has 0 atom stereocenters. The van der Waals surface area contributed by atoms with Crippen LogP contribution in [0.1, 0.15) is 16.8 Å². The molecular weight excluding hydrogens is 290 g/mol. The Morgan fingerprint density at radius 1 is 1.22 bits per heavy atom. The largest absolute Gasteiger partial charge is 0.340 e. The quantitative estimate of drug-likeness (QED) is 0.909. The van der Waals surface area contributed by atoms with Crippen LogP contribution in [-0.2, 0) is 0 Å². The molecule has 1 heterocycles. The Hall–Kier alpha value is -1.86. The van der Waals surface area contributed by atoms with Crippen molar-refractivity contribution in [3.05, 3.63) is 51.6 Å². The van der Waals surface area contributed by atoms with Crippen molar-refractivity contribution < 1.29 is 0 Å². The molecule has 2 aromatic rings. The molecule has 1 aromatic heterocycles. The van der Waals surface area contributed by atoms with Crippen LogP contribution in [0.3, 0.4) is 0 Å². The first-order valence-electron chi connectivity index (χ1n) is 5.50. The van der Waals surface area contributed by atoms with Gasteiger partial charge in [0.05, 0.1) is 11.6 Å². The number of nitrogens with one attached hydrogen (secondary N) is 1. The van der Waals surface area contributed by atoms with Crippen molar-refractivity contribution in [2.75, 3.05) is 5.32 Å². The lowest BCUT2D eigenvalue weighted by Crippen LogP contribution is -1.98. The third-order valence-electron chi connectivity index (χ3n) is 2.54. The number of benzene rings is 1. The van der Waals surface area contributed by atoms with Gasteiger partial charge in [0.25, 0.3) is 0 Å². The van der Waals surface area contributed by atoms with E-state index in [0.29, 0.717) is 11.4 Å². The molecular formula is C14H12BrN3. The van der Waals surface area contributed by atoms with Crippen LogP contribution in [0.2, 0.25) is 0 Å². The topological polar surface area (TPSA) is 48.7 Å². The maximum atomic E-state index is 8.94. The van der Waals surface area contributed by atoms with E-state index in [1.807, 2.05) is 32.0 Å². The van der Waals surface area contributed by atoms with Crippen LogP contribution in [0.5, 0.6) is 0 Å². The summed E-state index contributed by atoms with van der Waals surface area (Å²) in [7, 11) is 0. The molecule has 0 saturated heterocycles. The molecule has 18 heavy (non-hydrogen) atoms. The van der Waals surface area contributed by atoms with E-state index in [1.54, 1.807) is 12.1 Å². The average molecular weight is 302 g/mol. The van der Waals surface area contributed by atoms with Crippen LogP contribution in [0.4, 0.5) is 11.5 Å². The molecule has 0 fully saturated rings. The SMILES string of the molecule is Cc1cc(C#N)cc(Nc2cc(Br)ccc2C)n1. The van der Waals surface area contributed by atoms with E-state index in [-0.39, 0.29) is 0 Å². The van der Waals surface area contributed by atoms with Gasteiger partial charge in [-0.05, 0) is 43.7 Å². The zero-order valence-electron chi connectivity index (χ0n) is 10.2. The highest BCUT2D eigenvalue weighted by Crippen LogP contribution is 2.24. The van der Waals surface area contributed by atoms with Crippen LogP contribution in [-0.4, -0.2) is 4.98 Å². The molecule has 0 aliphatic heterocycles. The Morgan fingerprint density at radius 2 is 2.00 bits per heavy atom. The van der Waals surface area contributed by atoms with Crippen LogP contribution >= 0.6 is 15.9 Å². The van der Waals surface area contributed by atoms with Gasteiger partial charge in [0.1, 0.15) is 5.82 Å². The summed E-state index contributed by atoms with van der Waals surface area (Å²) in [5.41, 5.74) is 3.54. The highest BCUT2D eigenvalue weighted by molar-refractivity contribution is 9.10. The molecule has 90 valence electrons. The predicted molar refractivity (Wildman–Crippen MR) is 75.9 cm³/mol. The first kappa shape index (κ1) is 12.6. The van der Waals surface area contributed by atoms with Crippen molar-refractivity contribution in [1.29, 1.82) is 5.26 Å². The summed E-state index contributed by atoms with van der Waals surface area (Å²) in [5, 5.41) is 12.2. The minimum Gasteiger partial charge on any atom is -0.340 e. The molecule has 0 saturated carbocycles. The van der Waals surface area contributed by atoms with Crippen molar-refractivity contribution in [1.82, 2.24) is 4.98 Å². The molecule has 0 radical (unpaired) electrons. The predicted octanol–water partition coefficient (Wildman–Crippen LogP) is 4.08. The number of halogens is 1. The fourth-order valence-corrected chi connectivity index (χ4v) is 2.03. The van der Waals surface area contributed by atoms with Crippen molar-refractivity contribution in [2.24, 2.45) is 0 Å². The van der Waals surface area contributed by atoms with Crippen molar-refractivity contribution in [3.63, 3.8) is 0 Å². The van der Waals surface area contributed by atoms with E-state index in [9.17, 15) is 0 Å². The first-order chi connectivity index (χ1) is 8.58. The second-order valence-electron chi connectivity index (χ2n) is 4.08. The van der Waals surface area contributed by atoms with Gasteiger partial charge in [-0.3, -0.25) is 0 Å². The third kappa shape index (κ3) is 2.88. The minimum absolute atomic E-state index is 0.609. The van der Waals surface area contributed by atoms with Crippen LogP contribution < -0.4 is 5.32 Å². The second-order valence-corrected chi connectivity index (χ2v) is 4.99. The van der Waals surface area contributed by atoms with Gasteiger partial charge in [-0.1, -0.05) is 22.0 Å². The standard InChI is InChI=1S/C14H12BrN3/c1-9-3-4-12(15)7-13(9)18-14-6-11(8-16)5-10(2)17-14/h3-7H,1-2H3,(H,17,18). The summed E-state index contributed by atoms with van der Waals surface area (Å²) in [4.78, 5) is 4.37. The van der Waals surface area contributed by atoms with E-state index < -0.39 is 0 Å². The molecule has 4 heteroatoms. The number of aromatic nitrogens is 1. The molecule has 2 rings (SSSR count). The molecule has 0 unspecified atom stereocenters. The smallest absolute Gasteiger partial charge is 0.131 e. The monoisotopic (exact) mass is 301 g/mol. The Morgan fingerprint density at radius 3 is 2.72 bits per heavy atom. The lowest BCUT2D eigenvalue weighted by atomic mass is 10.2. The molecule has 0 aliphatic carbocycles. The lowest BCUT2D eigenvalue weighted by molar-refractivity contribution is 1.19. The lowest BCUT2D eigenvalue weighted by Gasteiger charge is -2.10. The summed E-state index contributed by atoms with van der Waals surface area (Å²) in [5.74, 6) is 0.688. The number of rotatable bonds is 2. The maximum absolute atomic E-state index is 8.94. The van der Waals surface area contributed by atoms with Crippen molar-refractivity contribution >= 4 is 27.4 Å². The van der Waals surface area contributed by atoms with E-state index in [0.717, 1.165) is 21.4 Å². The first-order valence-corrected chi connectivity index (χ1v) is 6.30. The molecule has 1 aromatic carbocycles.